The van der Waals surface area contributed by atoms with Crippen LogP contribution in [0.1, 0.15) is 41.9 Å². The third-order valence-electron chi connectivity index (χ3n) is 4.28. The second kappa shape index (κ2) is 4.93. The molecule has 0 fully saturated rings. The maximum Gasteiger partial charge on any atom is 0.166 e. The summed E-state index contributed by atoms with van der Waals surface area (Å²) in [6, 6.07) is 10.1. The molecule has 104 valence electrons. The monoisotopic (exact) mass is 268 g/mol. The summed E-state index contributed by atoms with van der Waals surface area (Å²) < 4.78 is 5.96. The van der Waals surface area contributed by atoms with Crippen LogP contribution in [0.2, 0.25) is 0 Å². The van der Waals surface area contributed by atoms with Crippen LogP contribution in [0, 0.1) is 18.8 Å². The second-order valence-corrected chi connectivity index (χ2v) is 6.15. The van der Waals surface area contributed by atoms with Gasteiger partial charge in [-0.15, -0.1) is 0 Å². The number of furan rings is 1. The van der Waals surface area contributed by atoms with E-state index in [1.807, 2.05) is 18.2 Å². The molecule has 0 saturated heterocycles. The maximum atomic E-state index is 12.2. The molecule has 0 saturated carbocycles. The molecule has 20 heavy (non-hydrogen) atoms. The molecule has 1 atom stereocenters. The highest BCUT2D eigenvalue weighted by atomic mass is 16.3. The molecule has 2 heteroatoms. The van der Waals surface area contributed by atoms with E-state index in [-0.39, 0.29) is 5.78 Å². The number of hydrogen-bond acceptors (Lipinski definition) is 2. The molecule has 1 unspecified atom stereocenters. The minimum absolute atomic E-state index is 0.229. The first-order chi connectivity index (χ1) is 9.54. The number of rotatable bonds is 2. The van der Waals surface area contributed by atoms with Gasteiger partial charge in [-0.1, -0.05) is 43.7 Å². The van der Waals surface area contributed by atoms with Crippen LogP contribution in [0.15, 0.2) is 34.7 Å². The van der Waals surface area contributed by atoms with E-state index >= 15 is 0 Å². The average Bonchev–Trinajstić information content (AvgIpc) is 2.84. The number of Topliss-reactive ketones (excluding diaryl/α,β-unsaturated/α-hetero) is 1. The number of benzene rings is 1. The van der Waals surface area contributed by atoms with Crippen molar-refractivity contribution in [2.45, 2.75) is 33.6 Å². The maximum absolute atomic E-state index is 12.2. The van der Waals surface area contributed by atoms with Gasteiger partial charge in [0.2, 0.25) is 0 Å². The van der Waals surface area contributed by atoms with Crippen molar-refractivity contribution in [3.8, 4) is 11.3 Å². The first-order valence-corrected chi connectivity index (χ1v) is 7.27. The summed E-state index contributed by atoms with van der Waals surface area (Å²) >= 11 is 0. The molecule has 0 radical (unpaired) electrons. The van der Waals surface area contributed by atoms with Crippen LogP contribution in [0.4, 0.5) is 0 Å². The molecular formula is C18H20O2. The average molecular weight is 268 g/mol. The van der Waals surface area contributed by atoms with Crippen LogP contribution in [-0.4, -0.2) is 5.78 Å². The summed E-state index contributed by atoms with van der Waals surface area (Å²) in [6.45, 7) is 6.41. The van der Waals surface area contributed by atoms with Gasteiger partial charge >= 0.3 is 0 Å². The van der Waals surface area contributed by atoms with E-state index in [1.165, 1.54) is 5.56 Å². The highest BCUT2D eigenvalue weighted by Gasteiger charge is 2.30. The van der Waals surface area contributed by atoms with Gasteiger partial charge in [0.15, 0.2) is 5.78 Å². The molecule has 2 aromatic rings. The van der Waals surface area contributed by atoms with Gasteiger partial charge in [-0.05, 0) is 24.8 Å². The Kier molecular flexibility index (Phi) is 3.25. The molecule has 0 spiro atoms. The number of ketones is 1. The summed E-state index contributed by atoms with van der Waals surface area (Å²) in [5.41, 5.74) is 3.05. The van der Waals surface area contributed by atoms with Crippen LogP contribution < -0.4 is 0 Å². The van der Waals surface area contributed by atoms with E-state index in [2.05, 4.69) is 32.9 Å². The molecule has 1 heterocycles. The Morgan fingerprint density at radius 2 is 1.85 bits per heavy atom. The van der Waals surface area contributed by atoms with Crippen molar-refractivity contribution in [3.63, 3.8) is 0 Å². The van der Waals surface area contributed by atoms with Gasteiger partial charge in [0.1, 0.15) is 11.5 Å². The van der Waals surface area contributed by atoms with E-state index in [4.69, 9.17) is 4.42 Å². The van der Waals surface area contributed by atoms with Crippen molar-refractivity contribution in [2.75, 3.05) is 0 Å². The highest BCUT2D eigenvalue weighted by molar-refractivity contribution is 5.99. The molecule has 1 aliphatic rings. The number of carbonyl (C=O) groups is 1. The van der Waals surface area contributed by atoms with Crippen LogP contribution in [0.3, 0.4) is 0 Å². The summed E-state index contributed by atoms with van der Waals surface area (Å²) in [5, 5.41) is 0. The summed E-state index contributed by atoms with van der Waals surface area (Å²) in [7, 11) is 0. The molecule has 2 nitrogen and oxygen atoms in total. The fourth-order valence-electron chi connectivity index (χ4n) is 2.81. The Labute approximate surface area is 119 Å². The SMILES string of the molecule is Cc1ccc(-c2cc3c(o2)CC(C(C)C)CC3=O)cc1. The van der Waals surface area contributed by atoms with Crippen molar-refractivity contribution in [1.29, 1.82) is 0 Å². The zero-order valence-corrected chi connectivity index (χ0v) is 12.3. The van der Waals surface area contributed by atoms with Crippen molar-refractivity contribution in [2.24, 2.45) is 11.8 Å². The van der Waals surface area contributed by atoms with Gasteiger partial charge in [-0.3, -0.25) is 4.79 Å². The van der Waals surface area contributed by atoms with Crippen LogP contribution in [0.5, 0.6) is 0 Å². The van der Waals surface area contributed by atoms with Crippen molar-refractivity contribution >= 4 is 5.78 Å². The molecule has 1 aromatic heterocycles. The lowest BCUT2D eigenvalue weighted by molar-refractivity contribution is 0.0927. The lowest BCUT2D eigenvalue weighted by atomic mass is 9.81. The Morgan fingerprint density at radius 1 is 1.15 bits per heavy atom. The van der Waals surface area contributed by atoms with Gasteiger partial charge in [-0.2, -0.15) is 0 Å². The topological polar surface area (TPSA) is 30.2 Å². The quantitative estimate of drug-likeness (QED) is 0.793. The largest absolute Gasteiger partial charge is 0.460 e. The Balaban J connectivity index is 1.96. The van der Waals surface area contributed by atoms with E-state index < -0.39 is 0 Å². The molecule has 0 N–H and O–H groups in total. The number of aryl methyl sites for hydroxylation is 1. The molecular weight excluding hydrogens is 248 g/mol. The van der Waals surface area contributed by atoms with Gasteiger partial charge in [-0.25, -0.2) is 0 Å². The van der Waals surface area contributed by atoms with Crippen LogP contribution in [0.25, 0.3) is 11.3 Å². The summed E-state index contributed by atoms with van der Waals surface area (Å²) in [4.78, 5) is 12.2. The van der Waals surface area contributed by atoms with E-state index in [0.29, 0.717) is 18.3 Å². The third-order valence-corrected chi connectivity index (χ3v) is 4.28. The van der Waals surface area contributed by atoms with E-state index in [0.717, 1.165) is 29.1 Å². The zero-order valence-electron chi connectivity index (χ0n) is 12.3. The van der Waals surface area contributed by atoms with Gasteiger partial charge in [0.05, 0.1) is 5.56 Å². The predicted octanol–water partition coefficient (Wildman–Crippen LogP) is 4.66. The molecule has 0 aliphatic heterocycles. The molecule has 0 amide bonds. The Bertz CT molecular complexity index is 632. The third kappa shape index (κ3) is 2.31. The molecule has 1 aromatic carbocycles. The first kappa shape index (κ1) is 13.2. The van der Waals surface area contributed by atoms with Crippen molar-refractivity contribution < 1.29 is 9.21 Å². The molecule has 0 bridgehead atoms. The van der Waals surface area contributed by atoms with Crippen molar-refractivity contribution in [1.82, 2.24) is 0 Å². The lowest BCUT2D eigenvalue weighted by Crippen LogP contribution is -2.22. The number of fused-ring (bicyclic) bond motifs is 1. The van der Waals surface area contributed by atoms with Gasteiger partial charge in [0, 0.05) is 18.4 Å². The first-order valence-electron chi connectivity index (χ1n) is 7.27. The normalized spacial score (nSPS) is 18.4. The summed E-state index contributed by atoms with van der Waals surface area (Å²) in [5.74, 6) is 2.84. The zero-order chi connectivity index (χ0) is 14.3. The van der Waals surface area contributed by atoms with Crippen LogP contribution in [-0.2, 0) is 6.42 Å². The Morgan fingerprint density at radius 3 is 2.50 bits per heavy atom. The van der Waals surface area contributed by atoms with Gasteiger partial charge < -0.3 is 4.42 Å². The second-order valence-electron chi connectivity index (χ2n) is 6.15. The predicted molar refractivity (Wildman–Crippen MR) is 79.9 cm³/mol. The van der Waals surface area contributed by atoms with E-state index in [1.54, 1.807) is 0 Å². The number of hydrogen-bond donors (Lipinski definition) is 0. The smallest absolute Gasteiger partial charge is 0.166 e. The molecule has 3 rings (SSSR count). The molecule has 1 aliphatic carbocycles. The van der Waals surface area contributed by atoms with Crippen LogP contribution >= 0.6 is 0 Å². The highest BCUT2D eigenvalue weighted by Crippen LogP contribution is 2.35. The van der Waals surface area contributed by atoms with E-state index in [9.17, 15) is 4.79 Å². The fraction of sp³-hybridized carbons (Fsp3) is 0.389. The minimum atomic E-state index is 0.229. The minimum Gasteiger partial charge on any atom is -0.460 e. The fourth-order valence-corrected chi connectivity index (χ4v) is 2.81. The standard InChI is InChI=1S/C18H20O2/c1-11(2)14-8-16(19)15-10-17(20-18(15)9-14)13-6-4-12(3)5-7-13/h4-7,10-11,14H,8-9H2,1-3H3. The van der Waals surface area contributed by atoms with Gasteiger partial charge in [0.25, 0.3) is 0 Å². The van der Waals surface area contributed by atoms with Crippen molar-refractivity contribution in [3.05, 3.63) is 47.2 Å². The number of carbonyl (C=O) groups excluding carboxylic acids is 1. The lowest BCUT2D eigenvalue weighted by Gasteiger charge is -2.23. The Hall–Kier alpha value is -1.83. The summed E-state index contributed by atoms with van der Waals surface area (Å²) in [6.07, 6.45) is 1.53.